The molecule has 29 heavy (non-hydrogen) atoms. The summed E-state index contributed by atoms with van der Waals surface area (Å²) in [5.74, 6) is -0.354. The Hall–Kier alpha value is -3.06. The summed E-state index contributed by atoms with van der Waals surface area (Å²) in [6.07, 6.45) is 0.560. The van der Waals surface area contributed by atoms with Crippen molar-refractivity contribution in [2.75, 3.05) is 38.6 Å². The third-order valence-corrected chi connectivity index (χ3v) is 4.82. The largest absolute Gasteiger partial charge is 0.465 e. The van der Waals surface area contributed by atoms with Gasteiger partial charge >= 0.3 is 12.1 Å². The average Bonchev–Trinajstić information content (AvgIpc) is 2.78. The number of nitrogens with one attached hydrogen (secondary N) is 2. The molecule has 0 unspecified atom stereocenters. The number of benzene rings is 2. The number of carbonyl (C=O) groups is 2. The lowest BCUT2D eigenvalue weighted by Gasteiger charge is -2.33. The molecule has 0 aliphatic carbocycles. The number of nitrogens with zero attached hydrogens (tertiary/aromatic N) is 1. The standard InChI is InChI=1S/C22H27N3O4/c1-28-21(26)18-8-5-9-19(14-18)23-11-10-20-15-25(13-12-24-20)22(27)29-16-17-6-3-2-4-7-17/h2-9,14,20,23-24H,10-13,15-16H2,1H3/t20-/m1/s1. The normalized spacial score (nSPS) is 16.2. The second-order valence-electron chi connectivity index (χ2n) is 6.93. The van der Waals surface area contributed by atoms with E-state index in [4.69, 9.17) is 9.47 Å². The number of amides is 1. The van der Waals surface area contributed by atoms with E-state index in [2.05, 4.69) is 10.6 Å². The molecule has 2 aromatic carbocycles. The highest BCUT2D eigenvalue weighted by Gasteiger charge is 2.24. The van der Waals surface area contributed by atoms with Crippen LogP contribution in [0.25, 0.3) is 0 Å². The van der Waals surface area contributed by atoms with Gasteiger partial charge in [0.25, 0.3) is 0 Å². The first-order valence-corrected chi connectivity index (χ1v) is 9.77. The highest BCUT2D eigenvalue weighted by Crippen LogP contribution is 2.13. The van der Waals surface area contributed by atoms with Crippen LogP contribution in [0.4, 0.5) is 10.5 Å². The van der Waals surface area contributed by atoms with Gasteiger partial charge in [0.2, 0.25) is 0 Å². The summed E-state index contributed by atoms with van der Waals surface area (Å²) < 4.78 is 10.2. The second kappa shape index (κ2) is 10.5. The van der Waals surface area contributed by atoms with Crippen molar-refractivity contribution < 1.29 is 19.1 Å². The molecule has 1 saturated heterocycles. The second-order valence-corrected chi connectivity index (χ2v) is 6.93. The number of esters is 1. The van der Waals surface area contributed by atoms with Crippen molar-refractivity contribution in [3.8, 4) is 0 Å². The molecule has 1 heterocycles. The number of hydrogen-bond acceptors (Lipinski definition) is 6. The zero-order valence-electron chi connectivity index (χ0n) is 16.6. The summed E-state index contributed by atoms with van der Waals surface area (Å²) >= 11 is 0. The first-order valence-electron chi connectivity index (χ1n) is 9.77. The van der Waals surface area contributed by atoms with Gasteiger partial charge < -0.3 is 25.0 Å². The predicted octanol–water partition coefficient (Wildman–Crippen LogP) is 2.89. The van der Waals surface area contributed by atoms with Crippen molar-refractivity contribution in [2.45, 2.75) is 19.1 Å². The Morgan fingerprint density at radius 1 is 1.17 bits per heavy atom. The third-order valence-electron chi connectivity index (χ3n) is 4.82. The van der Waals surface area contributed by atoms with Crippen LogP contribution < -0.4 is 10.6 Å². The summed E-state index contributed by atoms with van der Waals surface area (Å²) in [6, 6.07) is 17.1. The average molecular weight is 397 g/mol. The van der Waals surface area contributed by atoms with E-state index in [9.17, 15) is 9.59 Å². The van der Waals surface area contributed by atoms with Crippen LogP contribution in [0.5, 0.6) is 0 Å². The topological polar surface area (TPSA) is 79.9 Å². The first-order chi connectivity index (χ1) is 14.2. The lowest BCUT2D eigenvalue weighted by Crippen LogP contribution is -2.53. The Labute approximate surface area is 171 Å². The van der Waals surface area contributed by atoms with Crippen molar-refractivity contribution in [3.63, 3.8) is 0 Å². The van der Waals surface area contributed by atoms with Crippen LogP contribution in [0.2, 0.25) is 0 Å². The molecule has 154 valence electrons. The van der Waals surface area contributed by atoms with E-state index in [-0.39, 0.29) is 24.7 Å². The van der Waals surface area contributed by atoms with Crippen LogP contribution in [0.1, 0.15) is 22.3 Å². The van der Waals surface area contributed by atoms with Crippen LogP contribution in [-0.2, 0) is 16.1 Å². The minimum atomic E-state index is -0.354. The number of anilines is 1. The molecule has 1 fully saturated rings. The molecule has 0 radical (unpaired) electrons. The Morgan fingerprint density at radius 3 is 2.79 bits per heavy atom. The van der Waals surface area contributed by atoms with Gasteiger partial charge in [0.15, 0.2) is 0 Å². The molecular weight excluding hydrogens is 370 g/mol. The SMILES string of the molecule is COC(=O)c1cccc(NCC[C@@H]2CN(C(=O)OCc3ccccc3)CCN2)c1. The summed E-state index contributed by atoms with van der Waals surface area (Å²) in [5.41, 5.74) is 2.36. The molecule has 0 spiro atoms. The molecule has 1 aliphatic rings. The van der Waals surface area contributed by atoms with Gasteiger partial charge in [-0.2, -0.15) is 0 Å². The van der Waals surface area contributed by atoms with Gasteiger partial charge in [0, 0.05) is 37.9 Å². The van der Waals surface area contributed by atoms with Gasteiger partial charge in [-0.15, -0.1) is 0 Å². The monoisotopic (exact) mass is 397 g/mol. The molecule has 1 amide bonds. The molecule has 2 N–H and O–H groups in total. The Kier molecular flexibility index (Phi) is 7.47. The molecule has 0 aromatic heterocycles. The van der Waals surface area contributed by atoms with E-state index in [1.807, 2.05) is 42.5 Å². The van der Waals surface area contributed by atoms with Crippen molar-refractivity contribution in [3.05, 3.63) is 65.7 Å². The quantitative estimate of drug-likeness (QED) is 0.700. The fourth-order valence-corrected chi connectivity index (χ4v) is 3.26. The van der Waals surface area contributed by atoms with Crippen LogP contribution >= 0.6 is 0 Å². The van der Waals surface area contributed by atoms with E-state index in [0.717, 1.165) is 30.8 Å². The number of methoxy groups -OCH3 is 1. The molecule has 3 rings (SSSR count). The number of hydrogen-bond donors (Lipinski definition) is 2. The van der Waals surface area contributed by atoms with Crippen molar-refractivity contribution in [1.82, 2.24) is 10.2 Å². The first kappa shape index (κ1) is 20.7. The molecular formula is C22H27N3O4. The number of piperazine rings is 1. The lowest BCUT2D eigenvalue weighted by atomic mass is 10.1. The highest BCUT2D eigenvalue weighted by molar-refractivity contribution is 5.90. The summed E-state index contributed by atoms with van der Waals surface area (Å²) in [5, 5.41) is 6.76. The van der Waals surface area contributed by atoms with E-state index < -0.39 is 0 Å². The maximum atomic E-state index is 12.4. The van der Waals surface area contributed by atoms with Crippen LogP contribution in [-0.4, -0.2) is 56.3 Å². The number of carbonyl (C=O) groups excluding carboxylic acids is 2. The van der Waals surface area contributed by atoms with Crippen LogP contribution in [0.15, 0.2) is 54.6 Å². The lowest BCUT2D eigenvalue weighted by molar-refractivity contribution is 0.0600. The zero-order chi connectivity index (χ0) is 20.5. The van der Waals surface area contributed by atoms with Crippen LogP contribution in [0.3, 0.4) is 0 Å². The Morgan fingerprint density at radius 2 is 2.00 bits per heavy atom. The number of rotatable bonds is 7. The Balaban J connectivity index is 1.42. The summed E-state index contributed by atoms with van der Waals surface area (Å²) in [6.45, 7) is 2.99. The maximum Gasteiger partial charge on any atom is 0.410 e. The van der Waals surface area contributed by atoms with E-state index in [0.29, 0.717) is 18.7 Å². The molecule has 7 nitrogen and oxygen atoms in total. The van der Waals surface area contributed by atoms with Gasteiger partial charge in [-0.1, -0.05) is 36.4 Å². The van der Waals surface area contributed by atoms with Gasteiger partial charge in [-0.3, -0.25) is 0 Å². The molecule has 1 aliphatic heterocycles. The molecule has 0 bridgehead atoms. The van der Waals surface area contributed by atoms with E-state index in [1.165, 1.54) is 7.11 Å². The van der Waals surface area contributed by atoms with Crippen LogP contribution in [0, 0.1) is 0 Å². The van der Waals surface area contributed by atoms with Gasteiger partial charge in [0.05, 0.1) is 12.7 Å². The highest BCUT2D eigenvalue weighted by atomic mass is 16.6. The fourth-order valence-electron chi connectivity index (χ4n) is 3.26. The van der Waals surface area contributed by atoms with Crippen molar-refractivity contribution in [2.24, 2.45) is 0 Å². The smallest absolute Gasteiger partial charge is 0.410 e. The Bertz CT molecular complexity index is 813. The molecule has 0 saturated carbocycles. The predicted molar refractivity (Wildman–Crippen MR) is 111 cm³/mol. The fraction of sp³-hybridized carbons (Fsp3) is 0.364. The van der Waals surface area contributed by atoms with Gasteiger partial charge in [0.1, 0.15) is 6.61 Å². The maximum absolute atomic E-state index is 12.4. The summed E-state index contributed by atoms with van der Waals surface area (Å²) in [7, 11) is 1.37. The summed E-state index contributed by atoms with van der Waals surface area (Å²) in [4.78, 5) is 25.7. The molecule has 2 aromatic rings. The number of ether oxygens (including phenoxy) is 2. The van der Waals surface area contributed by atoms with Crippen molar-refractivity contribution in [1.29, 1.82) is 0 Å². The third kappa shape index (κ3) is 6.22. The molecule has 1 atom stereocenters. The van der Waals surface area contributed by atoms with Gasteiger partial charge in [-0.25, -0.2) is 9.59 Å². The minimum Gasteiger partial charge on any atom is -0.465 e. The van der Waals surface area contributed by atoms with Crippen molar-refractivity contribution >= 4 is 17.7 Å². The molecule has 7 heteroatoms. The zero-order valence-corrected chi connectivity index (χ0v) is 16.6. The minimum absolute atomic E-state index is 0.185. The van der Waals surface area contributed by atoms with Gasteiger partial charge in [-0.05, 0) is 30.2 Å². The van der Waals surface area contributed by atoms with E-state index >= 15 is 0 Å². The van der Waals surface area contributed by atoms with E-state index in [1.54, 1.807) is 17.0 Å².